The van der Waals surface area contributed by atoms with Crippen molar-refractivity contribution in [3.8, 4) is 5.75 Å². The number of hydrogen-bond donors (Lipinski definition) is 0. The van der Waals surface area contributed by atoms with Crippen LogP contribution < -0.4 is 9.64 Å². The first-order valence-corrected chi connectivity index (χ1v) is 10.4. The molecule has 1 atom stereocenters. The van der Waals surface area contributed by atoms with Crippen molar-refractivity contribution in [2.45, 2.75) is 26.2 Å². The van der Waals surface area contributed by atoms with Gasteiger partial charge in [0.2, 0.25) is 0 Å². The molecule has 0 aliphatic carbocycles. The van der Waals surface area contributed by atoms with Crippen LogP contribution in [0, 0.1) is 23.3 Å². The summed E-state index contributed by atoms with van der Waals surface area (Å²) in [5.74, 6) is -5.66. The van der Waals surface area contributed by atoms with Crippen LogP contribution in [0.25, 0.3) is 0 Å². The molecule has 1 aliphatic rings. The van der Waals surface area contributed by atoms with Crippen LogP contribution in [-0.4, -0.2) is 43.6 Å². The number of piperazine rings is 1. The molecule has 3 rings (SSSR count). The lowest BCUT2D eigenvalue weighted by Gasteiger charge is -2.36. The van der Waals surface area contributed by atoms with Gasteiger partial charge in [0.05, 0.1) is 0 Å². The highest BCUT2D eigenvalue weighted by atomic mass is 35.5. The number of rotatable bonds is 6. The van der Waals surface area contributed by atoms with Crippen LogP contribution in [-0.2, 0) is 4.79 Å². The van der Waals surface area contributed by atoms with Crippen molar-refractivity contribution in [1.82, 2.24) is 4.90 Å². The zero-order chi connectivity index (χ0) is 22.7. The van der Waals surface area contributed by atoms with Crippen LogP contribution in [0.1, 0.15) is 31.7 Å². The molecule has 1 fully saturated rings. The van der Waals surface area contributed by atoms with Gasteiger partial charge in [0, 0.05) is 26.2 Å². The summed E-state index contributed by atoms with van der Waals surface area (Å²) in [6, 6.07) is 7.53. The Labute approximate surface area is 183 Å². The fourth-order valence-electron chi connectivity index (χ4n) is 3.42. The number of halogens is 5. The highest BCUT2D eigenvalue weighted by Gasteiger charge is 2.30. The van der Waals surface area contributed by atoms with E-state index >= 15 is 0 Å². The topological polar surface area (TPSA) is 32.8 Å². The SMILES string of the molecule is CC[C@@H](C)c1ccc(OCC(=O)N2CCN(c3c(F)c(F)c(Cl)c(F)c3F)CC2)cc1. The van der Waals surface area contributed by atoms with Gasteiger partial charge in [-0.25, -0.2) is 17.6 Å². The van der Waals surface area contributed by atoms with Crippen LogP contribution in [0.5, 0.6) is 5.75 Å². The van der Waals surface area contributed by atoms with Gasteiger partial charge in [0.25, 0.3) is 5.91 Å². The Hall–Kier alpha value is -2.48. The van der Waals surface area contributed by atoms with Gasteiger partial charge < -0.3 is 14.5 Å². The van der Waals surface area contributed by atoms with E-state index in [1.807, 2.05) is 24.3 Å². The molecule has 4 nitrogen and oxygen atoms in total. The summed E-state index contributed by atoms with van der Waals surface area (Å²) in [6.07, 6.45) is 1.02. The first-order valence-electron chi connectivity index (χ1n) is 10.0. The van der Waals surface area contributed by atoms with Gasteiger partial charge in [-0.15, -0.1) is 0 Å². The van der Waals surface area contributed by atoms with Crippen molar-refractivity contribution >= 4 is 23.2 Å². The summed E-state index contributed by atoms with van der Waals surface area (Å²) in [7, 11) is 0. The average molecular weight is 459 g/mol. The van der Waals surface area contributed by atoms with E-state index in [1.54, 1.807) is 0 Å². The smallest absolute Gasteiger partial charge is 0.260 e. The normalized spacial score (nSPS) is 15.2. The second kappa shape index (κ2) is 9.77. The first kappa shape index (κ1) is 23.2. The predicted octanol–water partition coefficient (Wildman–Crippen LogP) is 5.14. The third kappa shape index (κ3) is 4.89. The molecule has 0 bridgehead atoms. The molecule has 0 aromatic heterocycles. The number of carbonyl (C=O) groups excluding carboxylic acids is 1. The number of benzene rings is 2. The number of ether oxygens (including phenoxy) is 1. The minimum atomic E-state index is -1.64. The fourth-order valence-corrected chi connectivity index (χ4v) is 3.58. The number of carbonyl (C=O) groups is 1. The van der Waals surface area contributed by atoms with E-state index in [2.05, 4.69) is 13.8 Å². The largest absolute Gasteiger partial charge is 0.484 e. The van der Waals surface area contributed by atoms with E-state index in [0.29, 0.717) is 11.7 Å². The molecule has 0 N–H and O–H groups in total. The Bertz CT molecular complexity index is 919. The fraction of sp³-hybridized carbons (Fsp3) is 0.409. The molecule has 1 saturated heterocycles. The lowest BCUT2D eigenvalue weighted by molar-refractivity contribution is -0.133. The molecular formula is C22H23ClF4N2O2. The summed E-state index contributed by atoms with van der Waals surface area (Å²) in [4.78, 5) is 15.1. The molecule has 9 heteroatoms. The summed E-state index contributed by atoms with van der Waals surface area (Å²) in [6.45, 7) is 4.31. The van der Waals surface area contributed by atoms with Gasteiger partial charge in [-0.05, 0) is 30.0 Å². The molecule has 0 saturated carbocycles. The monoisotopic (exact) mass is 458 g/mol. The standard InChI is InChI=1S/C22H23ClF4N2O2/c1-3-13(2)14-4-6-15(7-5-14)31-12-16(30)28-8-10-29(11-9-28)22-20(26)18(24)17(23)19(25)21(22)27/h4-7,13H,3,8-12H2,1-2H3/t13-/m1/s1. The maximum Gasteiger partial charge on any atom is 0.260 e. The van der Waals surface area contributed by atoms with Crippen molar-refractivity contribution < 1.29 is 27.1 Å². The van der Waals surface area contributed by atoms with Crippen molar-refractivity contribution in [1.29, 1.82) is 0 Å². The maximum atomic E-state index is 14.1. The Morgan fingerprint density at radius 1 is 1.00 bits per heavy atom. The zero-order valence-electron chi connectivity index (χ0n) is 17.2. The molecule has 0 spiro atoms. The summed E-state index contributed by atoms with van der Waals surface area (Å²) >= 11 is 5.27. The Balaban J connectivity index is 1.57. The van der Waals surface area contributed by atoms with Gasteiger partial charge in [-0.1, -0.05) is 37.6 Å². The second-order valence-electron chi connectivity index (χ2n) is 7.45. The lowest BCUT2D eigenvalue weighted by Crippen LogP contribution is -2.50. The van der Waals surface area contributed by atoms with Crippen molar-refractivity contribution in [2.75, 3.05) is 37.7 Å². The van der Waals surface area contributed by atoms with Crippen LogP contribution in [0.15, 0.2) is 24.3 Å². The Morgan fingerprint density at radius 3 is 2.06 bits per heavy atom. The molecule has 2 aromatic carbocycles. The van der Waals surface area contributed by atoms with Crippen molar-refractivity contribution in [3.63, 3.8) is 0 Å². The molecular weight excluding hydrogens is 436 g/mol. The van der Waals surface area contributed by atoms with Gasteiger partial charge in [0.1, 0.15) is 16.5 Å². The van der Waals surface area contributed by atoms with Crippen LogP contribution in [0.2, 0.25) is 5.02 Å². The van der Waals surface area contributed by atoms with E-state index in [-0.39, 0.29) is 38.7 Å². The summed E-state index contributed by atoms with van der Waals surface area (Å²) in [5, 5.41) is -1.22. The third-order valence-electron chi connectivity index (χ3n) is 5.56. The van der Waals surface area contributed by atoms with Crippen LogP contribution in [0.3, 0.4) is 0 Å². The highest BCUT2D eigenvalue weighted by molar-refractivity contribution is 6.31. The molecule has 0 unspecified atom stereocenters. The molecule has 1 amide bonds. The predicted molar refractivity (Wildman–Crippen MR) is 111 cm³/mol. The molecule has 168 valence electrons. The number of anilines is 1. The molecule has 31 heavy (non-hydrogen) atoms. The minimum absolute atomic E-state index is 0.00367. The van der Waals surface area contributed by atoms with E-state index < -0.39 is 34.0 Å². The number of nitrogens with zero attached hydrogens (tertiary/aromatic N) is 2. The van der Waals surface area contributed by atoms with Crippen LogP contribution in [0.4, 0.5) is 23.2 Å². The van der Waals surface area contributed by atoms with E-state index in [4.69, 9.17) is 16.3 Å². The van der Waals surface area contributed by atoms with Crippen molar-refractivity contribution in [3.05, 3.63) is 58.1 Å². The quantitative estimate of drug-likeness (QED) is 0.341. The third-order valence-corrected chi connectivity index (χ3v) is 5.89. The lowest BCUT2D eigenvalue weighted by atomic mass is 9.99. The van der Waals surface area contributed by atoms with Gasteiger partial charge >= 0.3 is 0 Å². The summed E-state index contributed by atoms with van der Waals surface area (Å²) in [5.41, 5.74) is 0.371. The second-order valence-corrected chi connectivity index (χ2v) is 7.83. The van der Waals surface area contributed by atoms with E-state index in [9.17, 15) is 22.4 Å². The minimum Gasteiger partial charge on any atom is -0.484 e. The van der Waals surface area contributed by atoms with Gasteiger partial charge in [-0.2, -0.15) is 0 Å². The number of hydrogen-bond acceptors (Lipinski definition) is 3. The van der Waals surface area contributed by atoms with E-state index in [0.717, 1.165) is 11.3 Å². The number of amides is 1. The Morgan fingerprint density at radius 2 is 1.55 bits per heavy atom. The first-order chi connectivity index (χ1) is 14.7. The molecule has 2 aromatic rings. The molecule has 0 radical (unpaired) electrons. The maximum absolute atomic E-state index is 14.1. The van der Waals surface area contributed by atoms with Gasteiger partial charge in [-0.3, -0.25) is 4.79 Å². The van der Waals surface area contributed by atoms with Crippen LogP contribution >= 0.6 is 11.6 Å². The molecule has 1 heterocycles. The molecule has 1 aliphatic heterocycles. The Kier molecular flexibility index (Phi) is 7.30. The average Bonchev–Trinajstić information content (AvgIpc) is 2.80. The van der Waals surface area contributed by atoms with Gasteiger partial charge in [0.15, 0.2) is 29.9 Å². The highest BCUT2D eigenvalue weighted by Crippen LogP contribution is 2.34. The van der Waals surface area contributed by atoms with Crippen molar-refractivity contribution in [2.24, 2.45) is 0 Å². The summed E-state index contributed by atoms with van der Waals surface area (Å²) < 4.78 is 61.3. The van der Waals surface area contributed by atoms with E-state index in [1.165, 1.54) is 10.5 Å². The zero-order valence-corrected chi connectivity index (χ0v) is 18.0.